The summed E-state index contributed by atoms with van der Waals surface area (Å²) in [5.74, 6) is -0.0468. The number of rotatable bonds is 51. The lowest BCUT2D eigenvalue weighted by molar-refractivity contribution is -0.143. The highest BCUT2D eigenvalue weighted by molar-refractivity contribution is 5.76. The van der Waals surface area contributed by atoms with Crippen molar-refractivity contribution in [2.45, 2.75) is 321 Å². The van der Waals surface area contributed by atoms with Gasteiger partial charge in [0.25, 0.3) is 0 Å². The Kier molecular flexibility index (Phi) is 49.5. The van der Waals surface area contributed by atoms with E-state index in [4.69, 9.17) is 4.74 Å². The number of nitrogens with one attached hydrogen (secondary N) is 1. The van der Waals surface area contributed by atoms with Gasteiger partial charge in [-0.15, -0.1) is 0 Å². The number of ether oxygens (including phenoxy) is 1. The Morgan fingerprint density at radius 3 is 1.02 bits per heavy atom. The van der Waals surface area contributed by atoms with Crippen LogP contribution in [0, 0.1) is 0 Å². The van der Waals surface area contributed by atoms with Gasteiger partial charge in [0.15, 0.2) is 0 Å². The second-order valence-electron chi connectivity index (χ2n) is 18.9. The van der Waals surface area contributed by atoms with Crippen LogP contribution in [-0.4, -0.2) is 47.4 Å². The molecule has 0 radical (unpaired) electrons. The SMILES string of the molecule is CCCCCCCCCCCCCCCCCCC(=O)OCCCCCCCCCCCCCCCC(=O)NC(CO)C(O)CCCCCCCCCCCCCCCC. The Balaban J connectivity index is 3.42. The van der Waals surface area contributed by atoms with Gasteiger partial charge in [0.1, 0.15) is 0 Å². The third kappa shape index (κ3) is 46.4. The number of hydrogen-bond acceptors (Lipinski definition) is 5. The smallest absolute Gasteiger partial charge is 0.305 e. The van der Waals surface area contributed by atoms with Crippen molar-refractivity contribution in [2.24, 2.45) is 0 Å². The lowest BCUT2D eigenvalue weighted by Gasteiger charge is -2.22. The first-order valence-electron chi connectivity index (χ1n) is 27.3. The molecular formula is C54H107NO5. The molecule has 0 saturated carbocycles. The lowest BCUT2D eigenvalue weighted by Crippen LogP contribution is -2.45. The fourth-order valence-corrected chi connectivity index (χ4v) is 8.70. The predicted octanol–water partition coefficient (Wildman–Crippen LogP) is 16.4. The minimum Gasteiger partial charge on any atom is -0.466 e. The molecule has 0 aromatic heterocycles. The van der Waals surface area contributed by atoms with E-state index in [1.165, 1.54) is 225 Å². The highest BCUT2D eigenvalue weighted by Gasteiger charge is 2.20. The van der Waals surface area contributed by atoms with Crippen LogP contribution in [-0.2, 0) is 14.3 Å². The van der Waals surface area contributed by atoms with E-state index in [1.807, 2.05) is 0 Å². The molecule has 6 nitrogen and oxygen atoms in total. The van der Waals surface area contributed by atoms with Gasteiger partial charge in [-0.25, -0.2) is 0 Å². The fourth-order valence-electron chi connectivity index (χ4n) is 8.70. The molecule has 0 aliphatic carbocycles. The van der Waals surface area contributed by atoms with E-state index < -0.39 is 12.1 Å². The molecule has 0 aromatic rings. The Hall–Kier alpha value is -1.14. The van der Waals surface area contributed by atoms with Crippen molar-refractivity contribution in [3.05, 3.63) is 0 Å². The summed E-state index contributed by atoms with van der Waals surface area (Å²) in [6, 6.07) is -0.549. The molecule has 0 aliphatic rings. The summed E-state index contributed by atoms with van der Waals surface area (Å²) in [4.78, 5) is 24.5. The topological polar surface area (TPSA) is 95.9 Å². The zero-order valence-electron chi connectivity index (χ0n) is 40.7. The molecule has 0 heterocycles. The van der Waals surface area contributed by atoms with Crippen LogP contribution >= 0.6 is 0 Å². The largest absolute Gasteiger partial charge is 0.466 e. The van der Waals surface area contributed by atoms with Crippen LogP contribution in [0.15, 0.2) is 0 Å². The van der Waals surface area contributed by atoms with Crippen molar-refractivity contribution in [1.82, 2.24) is 5.32 Å². The molecule has 0 spiro atoms. The molecule has 0 aromatic carbocycles. The molecule has 0 rings (SSSR count). The Morgan fingerprint density at radius 1 is 0.400 bits per heavy atom. The van der Waals surface area contributed by atoms with Crippen molar-refractivity contribution < 1.29 is 24.5 Å². The molecule has 0 aliphatic heterocycles. The summed E-state index contributed by atoms with van der Waals surface area (Å²) in [6.45, 7) is 4.95. The van der Waals surface area contributed by atoms with E-state index in [1.54, 1.807) is 0 Å². The predicted molar refractivity (Wildman–Crippen MR) is 260 cm³/mol. The zero-order valence-corrected chi connectivity index (χ0v) is 40.7. The second kappa shape index (κ2) is 50.5. The van der Waals surface area contributed by atoms with Crippen molar-refractivity contribution in [1.29, 1.82) is 0 Å². The van der Waals surface area contributed by atoms with Crippen molar-refractivity contribution in [3.8, 4) is 0 Å². The van der Waals surface area contributed by atoms with Gasteiger partial charge in [-0.2, -0.15) is 0 Å². The van der Waals surface area contributed by atoms with E-state index in [2.05, 4.69) is 19.2 Å². The maximum atomic E-state index is 12.4. The molecule has 0 saturated heterocycles. The average molecular weight is 850 g/mol. The summed E-state index contributed by atoms with van der Waals surface area (Å²) < 4.78 is 5.48. The van der Waals surface area contributed by atoms with Crippen LogP contribution in [0.4, 0.5) is 0 Å². The number of carbonyl (C=O) groups excluding carboxylic acids is 2. The standard InChI is InChI=1S/C54H107NO5/c1-3-5-7-9-11-13-15-17-19-20-24-28-32-36-40-44-48-54(59)60-49-45-41-37-33-29-25-21-23-27-31-35-39-43-47-53(58)55-51(50-56)52(57)46-42-38-34-30-26-22-18-16-14-12-10-8-6-4-2/h51-52,56-57H,3-50H2,1-2H3,(H,55,58). The number of amides is 1. The minimum atomic E-state index is -0.670. The highest BCUT2D eigenvalue weighted by Crippen LogP contribution is 2.17. The molecule has 6 heteroatoms. The summed E-state index contributed by atoms with van der Waals surface area (Å²) in [5.41, 5.74) is 0. The fraction of sp³-hybridized carbons (Fsp3) is 0.963. The molecule has 2 atom stereocenters. The van der Waals surface area contributed by atoms with Gasteiger partial charge in [-0.1, -0.05) is 271 Å². The third-order valence-electron chi connectivity index (χ3n) is 12.9. The van der Waals surface area contributed by atoms with E-state index in [-0.39, 0.29) is 18.5 Å². The number of aliphatic hydroxyl groups is 2. The van der Waals surface area contributed by atoms with Crippen molar-refractivity contribution in [3.63, 3.8) is 0 Å². The number of hydrogen-bond donors (Lipinski definition) is 3. The van der Waals surface area contributed by atoms with Gasteiger partial charge in [-0.3, -0.25) is 9.59 Å². The molecule has 1 amide bonds. The molecule has 2 unspecified atom stereocenters. The summed E-state index contributed by atoms with van der Waals surface area (Å²) in [5, 5.41) is 23.2. The molecule has 0 bridgehead atoms. The summed E-state index contributed by atoms with van der Waals surface area (Å²) >= 11 is 0. The van der Waals surface area contributed by atoms with Crippen LogP contribution in [0.3, 0.4) is 0 Å². The summed E-state index contributed by atoms with van der Waals surface area (Å²) in [7, 11) is 0. The first kappa shape index (κ1) is 58.9. The zero-order chi connectivity index (χ0) is 43.7. The lowest BCUT2D eigenvalue weighted by atomic mass is 10.0. The van der Waals surface area contributed by atoms with E-state index in [0.29, 0.717) is 25.9 Å². The molecule has 0 fully saturated rings. The molecular weight excluding hydrogens is 743 g/mol. The molecule has 358 valence electrons. The minimum absolute atomic E-state index is 0.00122. The maximum absolute atomic E-state index is 12.4. The van der Waals surface area contributed by atoms with E-state index >= 15 is 0 Å². The first-order chi connectivity index (χ1) is 29.5. The van der Waals surface area contributed by atoms with Crippen LogP contribution in [0.5, 0.6) is 0 Å². The van der Waals surface area contributed by atoms with Gasteiger partial charge < -0.3 is 20.3 Å². The monoisotopic (exact) mass is 850 g/mol. The van der Waals surface area contributed by atoms with Crippen molar-refractivity contribution >= 4 is 11.9 Å². The summed E-state index contributed by atoms with van der Waals surface area (Å²) in [6.07, 6.45) is 56.5. The molecule has 60 heavy (non-hydrogen) atoms. The Bertz CT molecular complexity index is 852. The average Bonchev–Trinajstić information content (AvgIpc) is 3.25. The number of unbranched alkanes of at least 4 members (excludes halogenated alkanes) is 40. The Morgan fingerprint density at radius 2 is 0.683 bits per heavy atom. The number of esters is 1. The van der Waals surface area contributed by atoms with Gasteiger partial charge >= 0.3 is 5.97 Å². The van der Waals surface area contributed by atoms with E-state index in [0.717, 1.165) is 51.4 Å². The molecule has 3 N–H and O–H groups in total. The van der Waals surface area contributed by atoms with Crippen LogP contribution < -0.4 is 5.32 Å². The van der Waals surface area contributed by atoms with Gasteiger partial charge in [0.05, 0.1) is 25.4 Å². The maximum Gasteiger partial charge on any atom is 0.305 e. The van der Waals surface area contributed by atoms with Crippen LogP contribution in [0.25, 0.3) is 0 Å². The van der Waals surface area contributed by atoms with Gasteiger partial charge in [-0.05, 0) is 25.7 Å². The van der Waals surface area contributed by atoms with Crippen LogP contribution in [0.2, 0.25) is 0 Å². The highest BCUT2D eigenvalue weighted by atomic mass is 16.5. The number of aliphatic hydroxyl groups excluding tert-OH is 2. The van der Waals surface area contributed by atoms with Crippen molar-refractivity contribution in [2.75, 3.05) is 13.2 Å². The first-order valence-corrected chi connectivity index (χ1v) is 27.3. The van der Waals surface area contributed by atoms with Gasteiger partial charge in [0, 0.05) is 12.8 Å². The normalized spacial score (nSPS) is 12.5. The number of carbonyl (C=O) groups is 2. The van der Waals surface area contributed by atoms with Crippen LogP contribution in [0.1, 0.15) is 309 Å². The Labute approximate surface area is 375 Å². The quantitative estimate of drug-likeness (QED) is 0.0418. The second-order valence-corrected chi connectivity index (χ2v) is 18.9. The van der Waals surface area contributed by atoms with E-state index in [9.17, 15) is 19.8 Å². The van der Waals surface area contributed by atoms with Gasteiger partial charge in [0.2, 0.25) is 5.91 Å². The third-order valence-corrected chi connectivity index (χ3v) is 12.9.